The van der Waals surface area contributed by atoms with Crippen molar-refractivity contribution in [2.75, 3.05) is 23.7 Å². The molecule has 1 unspecified atom stereocenters. The zero-order valence-corrected chi connectivity index (χ0v) is 14.0. The summed E-state index contributed by atoms with van der Waals surface area (Å²) in [5.41, 5.74) is 1.32. The summed E-state index contributed by atoms with van der Waals surface area (Å²) < 4.78 is 0. The predicted octanol–water partition coefficient (Wildman–Crippen LogP) is 3.36. The monoisotopic (exact) mass is 299 g/mol. The largest absolute Gasteiger partial charge is 0.346 e. The van der Waals surface area contributed by atoms with Crippen molar-refractivity contribution >= 4 is 28.2 Å². The van der Waals surface area contributed by atoms with Crippen LogP contribution in [0.25, 0.3) is 0 Å². The van der Waals surface area contributed by atoms with Gasteiger partial charge in [-0.3, -0.25) is 0 Å². The molecule has 2 heterocycles. The summed E-state index contributed by atoms with van der Waals surface area (Å²) in [6.07, 6.45) is 1.25. The number of rotatable bonds is 4. The summed E-state index contributed by atoms with van der Waals surface area (Å²) in [6.45, 7) is 12.0. The Kier molecular flexibility index (Phi) is 5.15. The van der Waals surface area contributed by atoms with Gasteiger partial charge >= 0.3 is 0 Å². The van der Waals surface area contributed by atoms with Gasteiger partial charge in [0, 0.05) is 41.6 Å². The maximum Gasteiger partial charge on any atom is 0.185 e. The molecule has 1 N–H and O–H groups in total. The van der Waals surface area contributed by atoms with Crippen LogP contribution in [-0.4, -0.2) is 34.6 Å². The van der Waals surface area contributed by atoms with Crippen molar-refractivity contribution in [2.45, 2.75) is 51.4 Å². The average Bonchev–Trinajstić information content (AvgIpc) is 2.84. The van der Waals surface area contributed by atoms with Gasteiger partial charge in [-0.2, -0.15) is 11.8 Å². The van der Waals surface area contributed by atoms with Gasteiger partial charge in [-0.05, 0) is 27.2 Å². The molecule has 0 spiro atoms. The molecule has 108 valence electrons. The molecule has 1 aliphatic rings. The van der Waals surface area contributed by atoms with Crippen LogP contribution < -0.4 is 10.2 Å². The fraction of sp³-hybridized carbons (Fsp3) is 0.786. The van der Waals surface area contributed by atoms with Gasteiger partial charge in [0.1, 0.15) is 0 Å². The highest BCUT2D eigenvalue weighted by molar-refractivity contribution is 8.00. The fourth-order valence-electron chi connectivity index (χ4n) is 2.02. The van der Waals surface area contributed by atoms with Crippen molar-refractivity contribution in [2.24, 2.45) is 0 Å². The van der Waals surface area contributed by atoms with Crippen molar-refractivity contribution < 1.29 is 0 Å². The molecule has 0 aliphatic carbocycles. The molecule has 5 heteroatoms. The Bertz CT molecular complexity index is 398. The van der Waals surface area contributed by atoms with Crippen LogP contribution in [-0.2, 0) is 6.54 Å². The van der Waals surface area contributed by atoms with Crippen LogP contribution in [0, 0.1) is 0 Å². The SMILES string of the molecule is CCC1CN(c2nc(CNC(C)(C)C)cs2)CCS1. The molecular formula is C14H25N3S2. The molecule has 0 bridgehead atoms. The Hall–Kier alpha value is -0.260. The first-order valence-corrected chi connectivity index (χ1v) is 8.97. The number of aromatic nitrogens is 1. The Morgan fingerprint density at radius 2 is 2.26 bits per heavy atom. The van der Waals surface area contributed by atoms with E-state index >= 15 is 0 Å². The van der Waals surface area contributed by atoms with Crippen molar-refractivity contribution in [3.63, 3.8) is 0 Å². The average molecular weight is 300 g/mol. The third-order valence-electron chi connectivity index (χ3n) is 3.20. The van der Waals surface area contributed by atoms with Gasteiger partial charge in [-0.25, -0.2) is 4.98 Å². The minimum Gasteiger partial charge on any atom is -0.346 e. The van der Waals surface area contributed by atoms with Crippen LogP contribution >= 0.6 is 23.1 Å². The molecule has 1 aliphatic heterocycles. The van der Waals surface area contributed by atoms with Crippen LogP contribution in [0.4, 0.5) is 5.13 Å². The minimum atomic E-state index is 0.152. The first kappa shape index (κ1) is 15.1. The van der Waals surface area contributed by atoms with Crippen LogP contribution in [0.2, 0.25) is 0 Å². The molecule has 1 atom stereocenters. The number of hydrogen-bond donors (Lipinski definition) is 1. The Labute approximate surface area is 125 Å². The molecular weight excluding hydrogens is 274 g/mol. The number of thiazole rings is 1. The van der Waals surface area contributed by atoms with Crippen molar-refractivity contribution in [3.8, 4) is 0 Å². The molecule has 1 fully saturated rings. The summed E-state index contributed by atoms with van der Waals surface area (Å²) in [6, 6.07) is 0. The van der Waals surface area contributed by atoms with E-state index in [2.05, 4.69) is 55.1 Å². The first-order valence-electron chi connectivity index (χ1n) is 7.04. The van der Waals surface area contributed by atoms with E-state index in [0.29, 0.717) is 0 Å². The number of hydrogen-bond acceptors (Lipinski definition) is 5. The van der Waals surface area contributed by atoms with E-state index in [4.69, 9.17) is 4.98 Å². The summed E-state index contributed by atoms with van der Waals surface area (Å²) in [4.78, 5) is 7.23. The summed E-state index contributed by atoms with van der Waals surface area (Å²) in [5.74, 6) is 1.23. The molecule has 2 rings (SSSR count). The van der Waals surface area contributed by atoms with Crippen molar-refractivity contribution in [1.29, 1.82) is 0 Å². The van der Waals surface area contributed by atoms with Gasteiger partial charge in [-0.1, -0.05) is 6.92 Å². The zero-order valence-electron chi connectivity index (χ0n) is 12.4. The van der Waals surface area contributed by atoms with E-state index in [-0.39, 0.29) is 5.54 Å². The maximum absolute atomic E-state index is 4.78. The highest BCUT2D eigenvalue weighted by atomic mass is 32.2. The quantitative estimate of drug-likeness (QED) is 0.923. The Morgan fingerprint density at radius 3 is 2.95 bits per heavy atom. The number of nitrogens with zero attached hydrogens (tertiary/aromatic N) is 2. The number of nitrogens with one attached hydrogen (secondary N) is 1. The van der Waals surface area contributed by atoms with Gasteiger partial charge in [0.25, 0.3) is 0 Å². The van der Waals surface area contributed by atoms with E-state index in [1.807, 2.05) is 0 Å². The lowest BCUT2D eigenvalue weighted by atomic mass is 10.1. The van der Waals surface area contributed by atoms with E-state index in [0.717, 1.165) is 24.9 Å². The third kappa shape index (κ3) is 4.65. The van der Waals surface area contributed by atoms with Crippen molar-refractivity contribution in [1.82, 2.24) is 10.3 Å². The molecule has 1 aromatic rings. The highest BCUT2D eigenvalue weighted by Gasteiger charge is 2.21. The molecule has 1 aromatic heterocycles. The summed E-state index contributed by atoms with van der Waals surface area (Å²) in [7, 11) is 0. The normalized spacial score (nSPS) is 20.8. The Balaban J connectivity index is 1.93. The second kappa shape index (κ2) is 6.46. The lowest BCUT2D eigenvalue weighted by Crippen LogP contribution is -2.37. The molecule has 0 aromatic carbocycles. The smallest absolute Gasteiger partial charge is 0.185 e. The standard InChI is InChI=1S/C14H25N3S2/c1-5-12-9-17(6-7-18-12)13-16-11(10-19-13)8-15-14(2,3)4/h10,12,15H,5-9H2,1-4H3. The van der Waals surface area contributed by atoms with Gasteiger partial charge < -0.3 is 10.2 Å². The molecule has 1 saturated heterocycles. The predicted molar refractivity (Wildman–Crippen MR) is 87.5 cm³/mol. The highest BCUT2D eigenvalue weighted by Crippen LogP contribution is 2.28. The summed E-state index contributed by atoms with van der Waals surface area (Å²) in [5, 5.41) is 7.66. The number of anilines is 1. The topological polar surface area (TPSA) is 28.2 Å². The molecule has 0 saturated carbocycles. The van der Waals surface area contributed by atoms with Gasteiger partial charge in [-0.15, -0.1) is 11.3 Å². The van der Waals surface area contributed by atoms with Crippen LogP contribution in [0.1, 0.15) is 39.8 Å². The first-order chi connectivity index (χ1) is 8.98. The molecule has 3 nitrogen and oxygen atoms in total. The maximum atomic E-state index is 4.78. The fourth-order valence-corrected chi connectivity index (χ4v) is 4.06. The lowest BCUT2D eigenvalue weighted by molar-refractivity contribution is 0.422. The molecule has 19 heavy (non-hydrogen) atoms. The lowest BCUT2D eigenvalue weighted by Gasteiger charge is -2.31. The number of thioether (sulfide) groups is 1. The van der Waals surface area contributed by atoms with E-state index in [1.165, 1.54) is 23.0 Å². The second-order valence-electron chi connectivity index (χ2n) is 6.07. The van der Waals surface area contributed by atoms with Crippen LogP contribution in [0.15, 0.2) is 5.38 Å². The van der Waals surface area contributed by atoms with E-state index in [1.54, 1.807) is 11.3 Å². The zero-order chi connectivity index (χ0) is 13.9. The minimum absolute atomic E-state index is 0.152. The van der Waals surface area contributed by atoms with E-state index in [9.17, 15) is 0 Å². The summed E-state index contributed by atoms with van der Waals surface area (Å²) >= 11 is 3.89. The van der Waals surface area contributed by atoms with Crippen LogP contribution in [0.3, 0.4) is 0 Å². The Morgan fingerprint density at radius 1 is 1.47 bits per heavy atom. The van der Waals surface area contributed by atoms with Crippen LogP contribution in [0.5, 0.6) is 0 Å². The van der Waals surface area contributed by atoms with Gasteiger partial charge in [0.05, 0.1) is 5.69 Å². The molecule has 0 radical (unpaired) electrons. The second-order valence-corrected chi connectivity index (χ2v) is 8.32. The van der Waals surface area contributed by atoms with Gasteiger partial charge in [0.2, 0.25) is 0 Å². The van der Waals surface area contributed by atoms with Gasteiger partial charge in [0.15, 0.2) is 5.13 Å². The van der Waals surface area contributed by atoms with E-state index < -0.39 is 0 Å². The molecule has 0 amide bonds. The third-order valence-corrected chi connectivity index (χ3v) is 5.53. The van der Waals surface area contributed by atoms with Crippen molar-refractivity contribution in [3.05, 3.63) is 11.1 Å².